The maximum absolute atomic E-state index is 12.9. The quantitative estimate of drug-likeness (QED) is 0.312. The molecule has 4 rings (SSSR count). The molecule has 9 heteroatoms. The van der Waals surface area contributed by atoms with Gasteiger partial charge in [0.05, 0.1) is 34.8 Å². The minimum atomic E-state index is -0.273. The fourth-order valence-corrected chi connectivity index (χ4v) is 4.35. The van der Waals surface area contributed by atoms with Gasteiger partial charge >= 0.3 is 0 Å². The Balaban J connectivity index is 1.69. The molecule has 7 nitrogen and oxygen atoms in total. The van der Waals surface area contributed by atoms with E-state index >= 15 is 0 Å². The summed E-state index contributed by atoms with van der Waals surface area (Å²) in [6.07, 6.45) is 3.68. The third kappa shape index (κ3) is 5.17. The van der Waals surface area contributed by atoms with Crippen molar-refractivity contribution in [1.82, 2.24) is 15.0 Å². The zero-order chi connectivity index (χ0) is 24.1. The molecule has 34 heavy (non-hydrogen) atoms. The molecule has 0 aliphatic rings. The van der Waals surface area contributed by atoms with Crippen LogP contribution in [0, 0.1) is 0 Å². The van der Waals surface area contributed by atoms with Crippen molar-refractivity contribution < 1.29 is 14.3 Å². The van der Waals surface area contributed by atoms with E-state index in [-0.39, 0.29) is 28.3 Å². The average Bonchev–Trinajstić information content (AvgIpc) is 3.28. The zero-order valence-corrected chi connectivity index (χ0v) is 20.3. The Morgan fingerprint density at radius 3 is 2.50 bits per heavy atom. The summed E-state index contributed by atoms with van der Waals surface area (Å²) in [5.74, 6) is 1.15. The first kappa shape index (κ1) is 24.0. The van der Waals surface area contributed by atoms with Crippen LogP contribution < -0.4 is 10.1 Å². The number of methoxy groups -OCH3 is 2. The highest BCUT2D eigenvalue weighted by molar-refractivity contribution is 6.39. The van der Waals surface area contributed by atoms with Crippen molar-refractivity contribution in [3.63, 3.8) is 0 Å². The number of nitrogens with zero attached hydrogens (tertiary/aromatic N) is 2. The molecule has 2 N–H and O–H groups in total. The molecule has 2 aromatic carbocycles. The number of fused-ring (bicyclic) bond motifs is 1. The van der Waals surface area contributed by atoms with Gasteiger partial charge in [0.1, 0.15) is 17.1 Å². The summed E-state index contributed by atoms with van der Waals surface area (Å²) in [4.78, 5) is 25.1. The van der Waals surface area contributed by atoms with E-state index in [0.717, 1.165) is 28.9 Å². The number of imidazole rings is 1. The number of benzene rings is 2. The maximum Gasteiger partial charge on any atom is 0.228 e. The number of amides is 1. The molecule has 176 valence electrons. The highest BCUT2D eigenvalue weighted by atomic mass is 35.5. The second-order valence-electron chi connectivity index (χ2n) is 7.72. The second kappa shape index (κ2) is 10.9. The number of rotatable bonds is 9. The third-order valence-electron chi connectivity index (χ3n) is 5.54. The van der Waals surface area contributed by atoms with E-state index in [1.807, 2.05) is 30.3 Å². The van der Waals surface area contributed by atoms with E-state index in [9.17, 15) is 4.79 Å². The molecule has 4 aromatic rings. The molecule has 0 bridgehead atoms. The number of aromatic nitrogens is 3. The summed E-state index contributed by atoms with van der Waals surface area (Å²) in [5.41, 5.74) is 3.62. The van der Waals surface area contributed by atoms with Crippen molar-refractivity contribution >= 4 is 45.8 Å². The van der Waals surface area contributed by atoms with Crippen LogP contribution in [-0.2, 0) is 16.0 Å². The number of carbonyl (C=O) groups is 1. The van der Waals surface area contributed by atoms with Crippen molar-refractivity contribution in [2.24, 2.45) is 0 Å². The van der Waals surface area contributed by atoms with Gasteiger partial charge in [0.15, 0.2) is 0 Å². The lowest BCUT2D eigenvalue weighted by Crippen LogP contribution is -2.15. The normalized spacial score (nSPS) is 12.0. The summed E-state index contributed by atoms with van der Waals surface area (Å²) >= 11 is 12.3. The van der Waals surface area contributed by atoms with Gasteiger partial charge in [-0.2, -0.15) is 0 Å². The van der Waals surface area contributed by atoms with Gasteiger partial charge in [0.2, 0.25) is 5.91 Å². The zero-order valence-electron chi connectivity index (χ0n) is 18.8. The molecule has 0 aliphatic heterocycles. The molecule has 0 radical (unpaired) electrons. The second-order valence-corrected chi connectivity index (χ2v) is 8.53. The smallest absolute Gasteiger partial charge is 0.228 e. The molecule has 0 saturated carbocycles. The SMILES string of the molecule is COCCC(c1ccccc1)c1nc2c(CC(=O)Nc3c(Cl)cncc3Cl)ccc(OC)c2[nH]1. The number of ether oxygens (including phenoxy) is 2. The summed E-state index contributed by atoms with van der Waals surface area (Å²) < 4.78 is 10.9. The molecule has 0 aliphatic carbocycles. The van der Waals surface area contributed by atoms with Gasteiger partial charge in [0, 0.05) is 32.0 Å². The maximum atomic E-state index is 12.9. The lowest BCUT2D eigenvalue weighted by Gasteiger charge is -2.14. The van der Waals surface area contributed by atoms with Crippen LogP contribution in [0.2, 0.25) is 10.0 Å². The monoisotopic (exact) mass is 498 g/mol. The first-order chi connectivity index (χ1) is 16.5. The van der Waals surface area contributed by atoms with Gasteiger partial charge in [0.25, 0.3) is 0 Å². The number of H-pyrrole nitrogens is 1. The number of aromatic amines is 1. The van der Waals surface area contributed by atoms with Gasteiger partial charge < -0.3 is 19.8 Å². The lowest BCUT2D eigenvalue weighted by atomic mass is 9.95. The fourth-order valence-electron chi connectivity index (χ4n) is 3.89. The molecular weight excluding hydrogens is 475 g/mol. The van der Waals surface area contributed by atoms with Crippen LogP contribution in [-0.4, -0.2) is 41.7 Å². The Morgan fingerprint density at radius 1 is 1.09 bits per heavy atom. The van der Waals surface area contributed by atoms with Crippen molar-refractivity contribution in [2.75, 3.05) is 26.1 Å². The molecule has 1 amide bonds. The summed E-state index contributed by atoms with van der Waals surface area (Å²) in [5, 5.41) is 3.32. The predicted molar refractivity (Wildman–Crippen MR) is 134 cm³/mol. The molecule has 0 fully saturated rings. The Bertz CT molecular complexity index is 1270. The Hall–Kier alpha value is -3.13. The van der Waals surface area contributed by atoms with E-state index in [0.29, 0.717) is 23.6 Å². The van der Waals surface area contributed by atoms with E-state index in [1.54, 1.807) is 14.2 Å². The van der Waals surface area contributed by atoms with E-state index in [2.05, 4.69) is 27.4 Å². The molecule has 2 heterocycles. The minimum Gasteiger partial charge on any atom is -0.494 e. The van der Waals surface area contributed by atoms with E-state index < -0.39 is 0 Å². The van der Waals surface area contributed by atoms with Crippen LogP contribution in [0.5, 0.6) is 5.75 Å². The van der Waals surface area contributed by atoms with Crippen LogP contribution in [0.1, 0.15) is 29.3 Å². The van der Waals surface area contributed by atoms with Crippen molar-refractivity contribution in [2.45, 2.75) is 18.8 Å². The topological polar surface area (TPSA) is 89.1 Å². The highest BCUT2D eigenvalue weighted by Crippen LogP contribution is 2.33. The number of pyridine rings is 1. The van der Waals surface area contributed by atoms with Gasteiger partial charge in [-0.1, -0.05) is 59.6 Å². The number of nitrogens with one attached hydrogen (secondary N) is 2. The number of carbonyl (C=O) groups excluding carboxylic acids is 1. The Kier molecular flexibility index (Phi) is 7.67. The number of halogens is 2. The minimum absolute atomic E-state index is 0.00522. The summed E-state index contributed by atoms with van der Waals surface area (Å²) in [6, 6.07) is 13.8. The van der Waals surface area contributed by atoms with Crippen molar-refractivity contribution in [3.05, 3.63) is 81.9 Å². The summed E-state index contributed by atoms with van der Waals surface area (Å²) in [6.45, 7) is 0.580. The van der Waals surface area contributed by atoms with Crippen LogP contribution >= 0.6 is 23.2 Å². The van der Waals surface area contributed by atoms with Gasteiger partial charge in [-0.05, 0) is 23.6 Å². The predicted octanol–water partition coefficient (Wildman–Crippen LogP) is 5.62. The Morgan fingerprint density at radius 2 is 1.82 bits per heavy atom. The van der Waals surface area contributed by atoms with Crippen LogP contribution in [0.4, 0.5) is 5.69 Å². The van der Waals surface area contributed by atoms with Crippen LogP contribution in [0.25, 0.3) is 11.0 Å². The number of hydrogen-bond acceptors (Lipinski definition) is 5. The van der Waals surface area contributed by atoms with Crippen molar-refractivity contribution in [3.8, 4) is 5.75 Å². The molecule has 2 aromatic heterocycles. The van der Waals surface area contributed by atoms with Crippen LogP contribution in [0.3, 0.4) is 0 Å². The molecule has 1 atom stereocenters. The fraction of sp³-hybridized carbons (Fsp3) is 0.240. The third-order valence-corrected chi connectivity index (χ3v) is 6.11. The average molecular weight is 499 g/mol. The lowest BCUT2D eigenvalue weighted by molar-refractivity contribution is -0.115. The molecule has 0 saturated heterocycles. The first-order valence-electron chi connectivity index (χ1n) is 10.7. The van der Waals surface area contributed by atoms with Gasteiger partial charge in [-0.15, -0.1) is 0 Å². The van der Waals surface area contributed by atoms with E-state index in [1.165, 1.54) is 12.4 Å². The Labute approximate surface area is 207 Å². The van der Waals surface area contributed by atoms with E-state index in [4.69, 9.17) is 37.7 Å². The first-order valence-corrected chi connectivity index (χ1v) is 11.5. The van der Waals surface area contributed by atoms with Gasteiger partial charge in [-0.3, -0.25) is 9.78 Å². The van der Waals surface area contributed by atoms with Gasteiger partial charge in [-0.25, -0.2) is 4.98 Å². The van der Waals surface area contributed by atoms with Crippen LogP contribution in [0.15, 0.2) is 54.9 Å². The summed E-state index contributed by atoms with van der Waals surface area (Å²) in [7, 11) is 3.29. The number of anilines is 1. The number of hydrogen-bond donors (Lipinski definition) is 2. The van der Waals surface area contributed by atoms with Crippen molar-refractivity contribution in [1.29, 1.82) is 0 Å². The standard InChI is InChI=1S/C25H24Cl2N4O3/c1-33-11-10-17(15-6-4-3-5-7-15)25-30-22-16(8-9-20(34-2)24(22)31-25)12-21(32)29-23-18(26)13-28-14-19(23)27/h3-9,13-14,17H,10-12H2,1-2H3,(H,30,31)(H,28,29,32). The largest absolute Gasteiger partial charge is 0.494 e. The molecule has 0 spiro atoms. The highest BCUT2D eigenvalue weighted by Gasteiger charge is 2.22. The molecular formula is C25H24Cl2N4O3. The molecule has 1 unspecified atom stereocenters.